The Morgan fingerprint density at radius 1 is 0.630 bits per heavy atom. The van der Waals surface area contributed by atoms with Gasteiger partial charge in [-0.05, 0) is 48.9 Å². The normalized spacial score (nSPS) is 23.6. The third-order valence-electron chi connectivity index (χ3n) is 9.87. The highest BCUT2D eigenvalue weighted by atomic mass is 16.7. The zero-order valence-corrected chi connectivity index (χ0v) is 29.4. The maximum atomic E-state index is 14.4. The summed E-state index contributed by atoms with van der Waals surface area (Å²) >= 11 is 0. The topological polar surface area (TPSA) is 146 Å². The van der Waals surface area contributed by atoms with Crippen molar-refractivity contribution in [1.29, 1.82) is 0 Å². The standard InChI is InChI=1S/C42H36N2O10/c1-25-31-32(39(47)44(25)23-26-15-7-3-8-16-26)33(38(46)43(2)37(31)45)35-36(54-42(50)29-21-13-6-14-22-29)34(53-41(49)28-19-11-5-12-20-28)30(52-35)24-51-40(48)27-17-9-4-10-18-27/h3-22,25,30,33-36H,23-24H2,1-2H3/t25-,30-,33+,34+,35+,36+/m0/s1. The van der Waals surface area contributed by atoms with Crippen LogP contribution in [0, 0.1) is 5.92 Å². The number of benzene rings is 4. The lowest BCUT2D eigenvalue weighted by molar-refractivity contribution is -0.150. The molecule has 54 heavy (non-hydrogen) atoms. The van der Waals surface area contributed by atoms with Crippen LogP contribution in [0.15, 0.2) is 132 Å². The van der Waals surface area contributed by atoms with E-state index >= 15 is 0 Å². The molecule has 12 heteroatoms. The molecule has 7 rings (SSSR count). The lowest BCUT2D eigenvalue weighted by Gasteiger charge is -2.34. The van der Waals surface area contributed by atoms with Crippen LogP contribution in [0.25, 0.3) is 0 Å². The summed E-state index contributed by atoms with van der Waals surface area (Å²) in [5.41, 5.74) is 1.41. The molecule has 3 heterocycles. The number of ether oxygens (including phenoxy) is 4. The van der Waals surface area contributed by atoms with Gasteiger partial charge in [0.05, 0.1) is 28.7 Å². The zero-order valence-electron chi connectivity index (χ0n) is 29.4. The number of nitrogens with zero attached hydrogens (tertiary/aromatic N) is 2. The van der Waals surface area contributed by atoms with E-state index in [0.717, 1.165) is 10.5 Å². The Labute approximate surface area is 310 Å². The molecule has 0 aliphatic carbocycles. The highest BCUT2D eigenvalue weighted by molar-refractivity contribution is 6.19. The fourth-order valence-corrected chi connectivity index (χ4v) is 7.11. The first kappa shape index (κ1) is 36.0. The van der Waals surface area contributed by atoms with E-state index in [1.807, 2.05) is 30.3 Å². The fraction of sp³-hybridized carbons (Fsp3) is 0.238. The van der Waals surface area contributed by atoms with E-state index < -0.39 is 78.6 Å². The summed E-state index contributed by atoms with van der Waals surface area (Å²) < 4.78 is 24.3. The summed E-state index contributed by atoms with van der Waals surface area (Å²) in [4.78, 5) is 85.3. The average Bonchev–Trinajstić information content (AvgIpc) is 3.65. The summed E-state index contributed by atoms with van der Waals surface area (Å²) in [6.45, 7) is 1.38. The van der Waals surface area contributed by atoms with Crippen LogP contribution in [0.5, 0.6) is 0 Å². The monoisotopic (exact) mass is 728 g/mol. The second-order valence-corrected chi connectivity index (χ2v) is 13.2. The molecular weight excluding hydrogens is 692 g/mol. The highest BCUT2D eigenvalue weighted by Gasteiger charge is 2.60. The minimum atomic E-state index is -1.51. The van der Waals surface area contributed by atoms with Gasteiger partial charge in [-0.25, -0.2) is 14.4 Å². The predicted octanol–water partition coefficient (Wildman–Crippen LogP) is 4.40. The Morgan fingerprint density at radius 3 is 1.65 bits per heavy atom. The average molecular weight is 729 g/mol. The summed E-state index contributed by atoms with van der Waals surface area (Å²) in [5, 5.41) is 0. The number of imide groups is 1. The molecule has 274 valence electrons. The molecule has 3 aliphatic rings. The van der Waals surface area contributed by atoms with Crippen LogP contribution in [-0.2, 0) is 39.9 Å². The van der Waals surface area contributed by atoms with E-state index in [1.165, 1.54) is 36.2 Å². The van der Waals surface area contributed by atoms with E-state index in [-0.39, 0.29) is 34.4 Å². The maximum Gasteiger partial charge on any atom is 0.338 e. The molecule has 4 aromatic carbocycles. The Balaban J connectivity index is 1.30. The lowest BCUT2D eigenvalue weighted by atomic mass is 9.82. The number of carbonyl (C=O) groups excluding carboxylic acids is 6. The van der Waals surface area contributed by atoms with Crippen molar-refractivity contribution >= 4 is 35.6 Å². The number of likely N-dealkylation sites (N-methyl/N-ethyl adjacent to an activating group) is 1. The smallest absolute Gasteiger partial charge is 0.338 e. The summed E-state index contributed by atoms with van der Waals surface area (Å²) in [6, 6.07) is 32.8. The van der Waals surface area contributed by atoms with Crippen molar-refractivity contribution in [2.24, 2.45) is 5.92 Å². The third-order valence-corrected chi connectivity index (χ3v) is 9.87. The van der Waals surface area contributed by atoms with Gasteiger partial charge >= 0.3 is 17.9 Å². The van der Waals surface area contributed by atoms with Gasteiger partial charge < -0.3 is 23.8 Å². The largest absolute Gasteiger partial charge is 0.459 e. The molecule has 0 aromatic heterocycles. The first-order valence-electron chi connectivity index (χ1n) is 17.4. The highest BCUT2D eigenvalue weighted by Crippen LogP contribution is 2.44. The zero-order chi connectivity index (χ0) is 37.9. The molecule has 12 nitrogen and oxygen atoms in total. The molecule has 0 bridgehead atoms. The van der Waals surface area contributed by atoms with E-state index in [9.17, 15) is 28.8 Å². The van der Waals surface area contributed by atoms with Crippen LogP contribution < -0.4 is 0 Å². The van der Waals surface area contributed by atoms with E-state index in [4.69, 9.17) is 18.9 Å². The quantitative estimate of drug-likeness (QED) is 0.131. The van der Waals surface area contributed by atoms with Gasteiger partial charge in [0.1, 0.15) is 18.8 Å². The predicted molar refractivity (Wildman–Crippen MR) is 191 cm³/mol. The third kappa shape index (κ3) is 6.91. The van der Waals surface area contributed by atoms with Crippen molar-refractivity contribution in [3.63, 3.8) is 0 Å². The number of rotatable bonds is 10. The van der Waals surface area contributed by atoms with Gasteiger partial charge in [-0.15, -0.1) is 0 Å². The van der Waals surface area contributed by atoms with Crippen LogP contribution in [0.2, 0.25) is 0 Å². The SMILES string of the molecule is C[C@H]1C2=C(C(=O)N1Cc1ccccc1)[C@H]([C@H]1O[C@@H](COC(=O)c3ccccc3)[C@@H](OC(=O)c3ccccc3)[C@H]1OC(=O)c1ccccc1)C(=O)N(C)C2=O. The number of carbonyl (C=O) groups is 6. The summed E-state index contributed by atoms with van der Waals surface area (Å²) in [7, 11) is 1.31. The molecule has 0 saturated carbocycles. The molecule has 1 fully saturated rings. The molecule has 3 aliphatic heterocycles. The first-order chi connectivity index (χ1) is 26.1. The Morgan fingerprint density at radius 2 is 1.11 bits per heavy atom. The molecule has 0 N–H and O–H groups in total. The van der Waals surface area contributed by atoms with Gasteiger partial charge in [0.2, 0.25) is 5.91 Å². The molecule has 4 aromatic rings. The molecule has 0 radical (unpaired) electrons. The van der Waals surface area contributed by atoms with Crippen molar-refractivity contribution in [1.82, 2.24) is 9.80 Å². The van der Waals surface area contributed by atoms with Gasteiger partial charge in [-0.1, -0.05) is 84.9 Å². The van der Waals surface area contributed by atoms with Gasteiger partial charge in [-0.3, -0.25) is 19.3 Å². The van der Waals surface area contributed by atoms with Crippen LogP contribution in [0.4, 0.5) is 0 Å². The van der Waals surface area contributed by atoms with Crippen LogP contribution >= 0.6 is 0 Å². The van der Waals surface area contributed by atoms with E-state index in [1.54, 1.807) is 73.7 Å². The van der Waals surface area contributed by atoms with Crippen molar-refractivity contribution in [3.05, 3.63) is 155 Å². The minimum Gasteiger partial charge on any atom is -0.459 e. The molecule has 1 saturated heterocycles. The number of hydrogen-bond donors (Lipinski definition) is 0. The summed E-state index contributed by atoms with van der Waals surface area (Å²) in [6.07, 6.45) is -5.69. The van der Waals surface area contributed by atoms with Crippen molar-refractivity contribution < 1.29 is 47.7 Å². The van der Waals surface area contributed by atoms with Crippen LogP contribution in [0.1, 0.15) is 43.6 Å². The minimum absolute atomic E-state index is 0.0904. The van der Waals surface area contributed by atoms with Gasteiger partial charge in [0, 0.05) is 24.7 Å². The number of esters is 3. The van der Waals surface area contributed by atoms with Crippen molar-refractivity contribution in [2.45, 2.75) is 43.9 Å². The lowest BCUT2D eigenvalue weighted by Crippen LogP contribution is -2.52. The number of amides is 3. The molecule has 3 amide bonds. The Kier molecular flexibility index (Phi) is 10.2. The van der Waals surface area contributed by atoms with Crippen molar-refractivity contribution in [2.75, 3.05) is 13.7 Å². The molecule has 0 spiro atoms. The van der Waals surface area contributed by atoms with Gasteiger partial charge in [-0.2, -0.15) is 0 Å². The van der Waals surface area contributed by atoms with Gasteiger partial charge in [0.25, 0.3) is 11.8 Å². The number of hydrogen-bond acceptors (Lipinski definition) is 10. The van der Waals surface area contributed by atoms with Crippen LogP contribution in [0.3, 0.4) is 0 Å². The molecule has 6 atom stereocenters. The Hall–Kier alpha value is -6.40. The Bertz CT molecular complexity index is 2110. The van der Waals surface area contributed by atoms with Gasteiger partial charge in [0.15, 0.2) is 12.2 Å². The first-order valence-corrected chi connectivity index (χ1v) is 17.4. The molecule has 0 unspecified atom stereocenters. The summed E-state index contributed by atoms with van der Waals surface area (Å²) in [5.74, 6) is -5.77. The van der Waals surface area contributed by atoms with Crippen molar-refractivity contribution in [3.8, 4) is 0 Å². The van der Waals surface area contributed by atoms with E-state index in [0.29, 0.717) is 0 Å². The van der Waals surface area contributed by atoms with Crippen LogP contribution in [-0.4, -0.2) is 89.5 Å². The second-order valence-electron chi connectivity index (χ2n) is 13.2. The fourth-order valence-electron chi connectivity index (χ4n) is 7.11. The van der Waals surface area contributed by atoms with E-state index in [2.05, 4.69) is 0 Å². The maximum absolute atomic E-state index is 14.4. The second kappa shape index (κ2) is 15.3. The molecular formula is C42H36N2O10.